The lowest BCUT2D eigenvalue weighted by Crippen LogP contribution is -2.03. The maximum Gasteiger partial charge on any atom is 0.338 e. The van der Waals surface area contributed by atoms with Crippen LogP contribution in [0.5, 0.6) is 0 Å². The van der Waals surface area contributed by atoms with Crippen molar-refractivity contribution in [3.05, 3.63) is 53.2 Å². The van der Waals surface area contributed by atoms with Crippen LogP contribution < -0.4 is 5.32 Å². The van der Waals surface area contributed by atoms with Crippen LogP contribution in [-0.2, 0) is 4.74 Å². The molecule has 0 fully saturated rings. The molecule has 1 heterocycles. The third-order valence-corrected chi connectivity index (χ3v) is 2.46. The molecule has 0 saturated heterocycles. The van der Waals surface area contributed by atoms with Crippen LogP contribution in [-0.4, -0.2) is 18.1 Å². The van der Waals surface area contributed by atoms with Gasteiger partial charge in [0.2, 0.25) is 0 Å². The highest BCUT2D eigenvalue weighted by atomic mass is 35.5. The van der Waals surface area contributed by atoms with Crippen LogP contribution >= 0.6 is 11.6 Å². The summed E-state index contributed by atoms with van der Waals surface area (Å²) in [6.07, 6.45) is 0. The molecule has 2 rings (SSSR count). The predicted molar refractivity (Wildman–Crippen MR) is 70.3 cm³/mol. The molecule has 0 atom stereocenters. The lowest BCUT2D eigenvalue weighted by atomic mass is 10.2. The molecule has 0 spiro atoms. The number of hydrogen-bond acceptors (Lipinski definition) is 4. The number of rotatable bonds is 3. The van der Waals surface area contributed by atoms with E-state index in [-0.39, 0.29) is 5.15 Å². The first-order valence-electron chi connectivity index (χ1n) is 5.27. The highest BCUT2D eigenvalue weighted by molar-refractivity contribution is 6.29. The van der Waals surface area contributed by atoms with E-state index < -0.39 is 5.97 Å². The summed E-state index contributed by atoms with van der Waals surface area (Å²) >= 11 is 5.86. The molecule has 1 aromatic carbocycles. The third-order valence-electron chi connectivity index (χ3n) is 2.26. The van der Waals surface area contributed by atoms with E-state index in [1.54, 1.807) is 6.07 Å². The van der Waals surface area contributed by atoms with Crippen molar-refractivity contribution in [3.8, 4) is 0 Å². The lowest BCUT2D eigenvalue weighted by Gasteiger charge is -2.07. The number of halogens is 1. The number of esters is 1. The molecule has 1 aromatic heterocycles. The Morgan fingerprint density at radius 2 is 2.00 bits per heavy atom. The Labute approximate surface area is 110 Å². The smallest absolute Gasteiger partial charge is 0.338 e. The number of methoxy groups -OCH3 is 1. The van der Waals surface area contributed by atoms with Crippen molar-refractivity contribution in [2.24, 2.45) is 0 Å². The number of carbonyl (C=O) groups is 1. The Morgan fingerprint density at radius 1 is 1.28 bits per heavy atom. The van der Waals surface area contributed by atoms with Crippen LogP contribution in [0.15, 0.2) is 42.5 Å². The van der Waals surface area contributed by atoms with E-state index in [1.165, 1.54) is 13.2 Å². The molecule has 18 heavy (non-hydrogen) atoms. The number of benzene rings is 1. The van der Waals surface area contributed by atoms with Gasteiger partial charge in [0.15, 0.2) is 0 Å². The fourth-order valence-corrected chi connectivity index (χ4v) is 1.67. The topological polar surface area (TPSA) is 51.2 Å². The highest BCUT2D eigenvalue weighted by Gasteiger charge is 2.09. The number of para-hydroxylation sites is 1. The van der Waals surface area contributed by atoms with Gasteiger partial charge in [-0.3, -0.25) is 0 Å². The fourth-order valence-electron chi connectivity index (χ4n) is 1.47. The van der Waals surface area contributed by atoms with Crippen molar-refractivity contribution in [1.82, 2.24) is 4.98 Å². The molecule has 2 aromatic rings. The van der Waals surface area contributed by atoms with Crippen LogP contribution in [0, 0.1) is 0 Å². The number of carbonyl (C=O) groups excluding carboxylic acids is 1. The van der Waals surface area contributed by atoms with E-state index >= 15 is 0 Å². The monoisotopic (exact) mass is 262 g/mol. The number of hydrogen-bond donors (Lipinski definition) is 1. The van der Waals surface area contributed by atoms with Gasteiger partial charge in [-0.05, 0) is 24.3 Å². The van der Waals surface area contributed by atoms with Crippen LogP contribution in [0.3, 0.4) is 0 Å². The molecule has 92 valence electrons. The van der Waals surface area contributed by atoms with E-state index in [9.17, 15) is 4.79 Å². The number of aromatic nitrogens is 1. The number of pyridine rings is 1. The number of nitrogens with zero attached hydrogens (tertiary/aromatic N) is 1. The van der Waals surface area contributed by atoms with Crippen molar-refractivity contribution >= 4 is 29.1 Å². The number of ether oxygens (including phenoxy) is 1. The second-order valence-corrected chi connectivity index (χ2v) is 3.93. The van der Waals surface area contributed by atoms with Crippen LogP contribution in [0.1, 0.15) is 10.4 Å². The van der Waals surface area contributed by atoms with Gasteiger partial charge < -0.3 is 10.1 Å². The molecule has 0 aliphatic carbocycles. The van der Waals surface area contributed by atoms with Gasteiger partial charge >= 0.3 is 5.97 Å². The first kappa shape index (κ1) is 12.4. The maximum absolute atomic E-state index is 11.4. The zero-order chi connectivity index (χ0) is 13.0. The summed E-state index contributed by atoms with van der Waals surface area (Å²) in [7, 11) is 1.32. The SMILES string of the molecule is COC(=O)c1cc(Cl)nc(Nc2ccccc2)c1. The zero-order valence-electron chi connectivity index (χ0n) is 9.68. The number of nitrogens with one attached hydrogen (secondary N) is 1. The molecule has 1 N–H and O–H groups in total. The van der Waals surface area contributed by atoms with Gasteiger partial charge in [-0.2, -0.15) is 0 Å². The van der Waals surface area contributed by atoms with Gasteiger partial charge in [-0.1, -0.05) is 29.8 Å². The predicted octanol–water partition coefficient (Wildman–Crippen LogP) is 3.27. The minimum absolute atomic E-state index is 0.233. The number of anilines is 2. The molecule has 4 nitrogen and oxygen atoms in total. The maximum atomic E-state index is 11.4. The summed E-state index contributed by atoms with van der Waals surface area (Å²) in [6.45, 7) is 0. The summed E-state index contributed by atoms with van der Waals surface area (Å²) in [5.41, 5.74) is 1.22. The van der Waals surface area contributed by atoms with Gasteiger partial charge in [-0.25, -0.2) is 9.78 Å². The zero-order valence-corrected chi connectivity index (χ0v) is 10.4. The highest BCUT2D eigenvalue weighted by Crippen LogP contribution is 2.19. The normalized spacial score (nSPS) is 9.89. The van der Waals surface area contributed by atoms with Crippen molar-refractivity contribution in [3.63, 3.8) is 0 Å². The minimum atomic E-state index is -0.449. The average molecular weight is 263 g/mol. The Balaban J connectivity index is 2.28. The van der Waals surface area contributed by atoms with E-state index in [0.717, 1.165) is 5.69 Å². The molecule has 0 radical (unpaired) electrons. The van der Waals surface area contributed by atoms with E-state index in [1.807, 2.05) is 30.3 Å². The van der Waals surface area contributed by atoms with Crippen molar-refractivity contribution in [1.29, 1.82) is 0 Å². The van der Waals surface area contributed by atoms with Crippen LogP contribution in [0.4, 0.5) is 11.5 Å². The first-order valence-corrected chi connectivity index (χ1v) is 5.65. The van der Waals surface area contributed by atoms with Crippen LogP contribution in [0.2, 0.25) is 5.15 Å². The third kappa shape index (κ3) is 2.99. The summed E-state index contributed by atoms with van der Waals surface area (Å²) in [4.78, 5) is 15.5. The Hall–Kier alpha value is -2.07. The summed E-state index contributed by atoms with van der Waals surface area (Å²) in [6, 6.07) is 12.5. The van der Waals surface area contributed by atoms with Crippen molar-refractivity contribution in [2.45, 2.75) is 0 Å². The molecule has 0 aliphatic heterocycles. The lowest BCUT2D eigenvalue weighted by molar-refractivity contribution is 0.0600. The molecule has 0 amide bonds. The molecular weight excluding hydrogens is 252 g/mol. The quantitative estimate of drug-likeness (QED) is 0.681. The second-order valence-electron chi connectivity index (χ2n) is 3.55. The summed E-state index contributed by atoms with van der Waals surface area (Å²) < 4.78 is 4.64. The van der Waals surface area contributed by atoms with Crippen LogP contribution in [0.25, 0.3) is 0 Å². The van der Waals surface area contributed by atoms with Gasteiger partial charge in [-0.15, -0.1) is 0 Å². The Bertz CT molecular complexity index is 558. The fraction of sp³-hybridized carbons (Fsp3) is 0.0769. The van der Waals surface area contributed by atoms with Gasteiger partial charge in [0, 0.05) is 5.69 Å². The molecule has 0 aliphatic rings. The van der Waals surface area contributed by atoms with Gasteiger partial charge in [0.1, 0.15) is 11.0 Å². The van der Waals surface area contributed by atoms with Crippen molar-refractivity contribution < 1.29 is 9.53 Å². The van der Waals surface area contributed by atoms with Gasteiger partial charge in [0.25, 0.3) is 0 Å². The van der Waals surface area contributed by atoms with Gasteiger partial charge in [0.05, 0.1) is 12.7 Å². The van der Waals surface area contributed by atoms with E-state index in [4.69, 9.17) is 11.6 Å². The summed E-state index contributed by atoms with van der Waals surface area (Å²) in [5.74, 6) is 0.0458. The minimum Gasteiger partial charge on any atom is -0.465 e. The Kier molecular flexibility index (Phi) is 3.79. The van der Waals surface area contributed by atoms with Crippen molar-refractivity contribution in [2.75, 3.05) is 12.4 Å². The molecule has 5 heteroatoms. The first-order chi connectivity index (χ1) is 8.69. The molecule has 0 unspecified atom stereocenters. The Morgan fingerprint density at radius 3 is 2.67 bits per heavy atom. The molecular formula is C13H11ClN2O2. The van der Waals surface area contributed by atoms with E-state index in [2.05, 4.69) is 15.0 Å². The molecule has 0 bridgehead atoms. The largest absolute Gasteiger partial charge is 0.465 e. The average Bonchev–Trinajstić information content (AvgIpc) is 2.38. The van der Waals surface area contributed by atoms with E-state index in [0.29, 0.717) is 11.4 Å². The molecule has 0 saturated carbocycles. The second kappa shape index (κ2) is 5.51. The standard InChI is InChI=1S/C13H11ClN2O2/c1-18-13(17)9-7-11(14)16-12(8-9)15-10-5-3-2-4-6-10/h2-8H,1H3,(H,15,16). The summed E-state index contributed by atoms with van der Waals surface area (Å²) in [5, 5.41) is 3.29.